The number of carbonyl (C=O) groups is 1. The third-order valence-corrected chi connectivity index (χ3v) is 3.66. The van der Waals surface area contributed by atoms with Crippen LogP contribution in [-0.4, -0.2) is 24.0 Å². The molecule has 5 nitrogen and oxygen atoms in total. The van der Waals surface area contributed by atoms with Crippen molar-refractivity contribution in [3.8, 4) is 5.75 Å². The van der Waals surface area contributed by atoms with Gasteiger partial charge in [-0.3, -0.25) is 4.79 Å². The van der Waals surface area contributed by atoms with Crippen LogP contribution in [0.3, 0.4) is 0 Å². The van der Waals surface area contributed by atoms with Crippen LogP contribution in [0.5, 0.6) is 5.75 Å². The highest BCUT2D eigenvalue weighted by Gasteiger charge is 2.08. The van der Waals surface area contributed by atoms with Crippen molar-refractivity contribution in [2.75, 3.05) is 12.4 Å². The van der Waals surface area contributed by atoms with Crippen molar-refractivity contribution in [1.82, 2.24) is 10.3 Å². The van der Waals surface area contributed by atoms with Crippen LogP contribution in [0, 0.1) is 0 Å². The predicted molar refractivity (Wildman–Crippen MR) is 91.8 cm³/mol. The summed E-state index contributed by atoms with van der Waals surface area (Å²) in [5.41, 5.74) is 1.47. The molecule has 0 aliphatic carbocycles. The molecular weight excluding hydrogens is 290 g/mol. The molecule has 5 heteroatoms. The van der Waals surface area contributed by atoms with Crippen LogP contribution in [0.15, 0.2) is 42.6 Å². The molecule has 0 radical (unpaired) electrons. The van der Waals surface area contributed by atoms with Gasteiger partial charge in [0.1, 0.15) is 11.6 Å². The number of methoxy groups -OCH3 is 1. The summed E-state index contributed by atoms with van der Waals surface area (Å²) in [6.07, 6.45) is 2.60. The Morgan fingerprint density at radius 1 is 1.26 bits per heavy atom. The van der Waals surface area contributed by atoms with Gasteiger partial charge >= 0.3 is 0 Å². The number of para-hydroxylation sites is 1. The topological polar surface area (TPSA) is 63.2 Å². The molecular formula is C18H23N3O2. The van der Waals surface area contributed by atoms with Crippen LogP contribution in [0.1, 0.15) is 36.2 Å². The molecule has 2 aromatic rings. The Kier molecular flexibility index (Phi) is 5.97. The van der Waals surface area contributed by atoms with Crippen molar-refractivity contribution in [3.63, 3.8) is 0 Å². The van der Waals surface area contributed by atoms with E-state index in [9.17, 15) is 4.79 Å². The Morgan fingerprint density at radius 3 is 2.70 bits per heavy atom. The number of amides is 1. The Labute approximate surface area is 137 Å². The highest BCUT2D eigenvalue weighted by atomic mass is 16.5. The molecule has 2 rings (SSSR count). The zero-order valence-corrected chi connectivity index (χ0v) is 13.8. The second-order valence-electron chi connectivity index (χ2n) is 5.38. The van der Waals surface area contributed by atoms with Crippen molar-refractivity contribution < 1.29 is 9.53 Å². The normalized spacial score (nSPS) is 11.6. The summed E-state index contributed by atoms with van der Waals surface area (Å²) in [5.74, 6) is 1.39. The molecule has 1 heterocycles. The van der Waals surface area contributed by atoms with Crippen molar-refractivity contribution in [3.05, 3.63) is 53.7 Å². The molecule has 1 unspecified atom stereocenters. The van der Waals surface area contributed by atoms with Crippen LogP contribution in [0.4, 0.5) is 5.82 Å². The fourth-order valence-electron chi connectivity index (χ4n) is 2.09. The molecule has 0 spiro atoms. The Morgan fingerprint density at radius 2 is 2.04 bits per heavy atom. The highest BCUT2D eigenvalue weighted by Crippen LogP contribution is 2.17. The van der Waals surface area contributed by atoms with Crippen LogP contribution < -0.4 is 15.4 Å². The maximum atomic E-state index is 12.2. The second kappa shape index (κ2) is 8.17. The number of ether oxygens (including phenoxy) is 1. The van der Waals surface area contributed by atoms with Crippen LogP contribution in [0.2, 0.25) is 0 Å². The lowest BCUT2D eigenvalue weighted by atomic mass is 10.2. The molecule has 122 valence electrons. The minimum absolute atomic E-state index is 0.154. The first-order valence-corrected chi connectivity index (χ1v) is 7.76. The van der Waals surface area contributed by atoms with Gasteiger partial charge in [0.2, 0.25) is 0 Å². The van der Waals surface area contributed by atoms with Gasteiger partial charge in [0, 0.05) is 24.3 Å². The van der Waals surface area contributed by atoms with Gasteiger partial charge in [-0.2, -0.15) is 0 Å². The molecule has 1 atom stereocenters. The molecule has 23 heavy (non-hydrogen) atoms. The van der Waals surface area contributed by atoms with Crippen LogP contribution in [-0.2, 0) is 6.54 Å². The van der Waals surface area contributed by atoms with E-state index in [1.54, 1.807) is 19.4 Å². The monoisotopic (exact) mass is 313 g/mol. The lowest BCUT2D eigenvalue weighted by Crippen LogP contribution is -2.23. The number of hydrogen-bond acceptors (Lipinski definition) is 4. The van der Waals surface area contributed by atoms with Gasteiger partial charge in [0.15, 0.2) is 0 Å². The number of anilines is 1. The molecule has 0 saturated heterocycles. The molecule has 0 fully saturated rings. The first-order chi connectivity index (χ1) is 11.1. The molecule has 1 aromatic carbocycles. The summed E-state index contributed by atoms with van der Waals surface area (Å²) < 4.78 is 5.27. The lowest BCUT2D eigenvalue weighted by Gasteiger charge is -2.12. The fourth-order valence-corrected chi connectivity index (χ4v) is 2.09. The van der Waals surface area contributed by atoms with E-state index in [1.165, 1.54) is 0 Å². The minimum Gasteiger partial charge on any atom is -0.496 e. The van der Waals surface area contributed by atoms with Crippen molar-refractivity contribution >= 4 is 11.7 Å². The van der Waals surface area contributed by atoms with Crippen LogP contribution in [0.25, 0.3) is 0 Å². The first-order valence-electron chi connectivity index (χ1n) is 7.76. The largest absolute Gasteiger partial charge is 0.496 e. The van der Waals surface area contributed by atoms with E-state index < -0.39 is 0 Å². The average molecular weight is 313 g/mol. The maximum absolute atomic E-state index is 12.2. The summed E-state index contributed by atoms with van der Waals surface area (Å²) in [6, 6.07) is 11.6. The van der Waals surface area contributed by atoms with Crippen molar-refractivity contribution in [2.45, 2.75) is 32.9 Å². The third kappa shape index (κ3) is 4.71. The van der Waals surface area contributed by atoms with E-state index >= 15 is 0 Å². The van der Waals surface area contributed by atoms with Gasteiger partial charge in [-0.05, 0) is 31.5 Å². The Balaban J connectivity index is 1.95. The quantitative estimate of drug-likeness (QED) is 0.824. The maximum Gasteiger partial charge on any atom is 0.253 e. The van der Waals surface area contributed by atoms with E-state index in [-0.39, 0.29) is 5.91 Å². The number of aromatic nitrogens is 1. The summed E-state index contributed by atoms with van der Waals surface area (Å²) in [6.45, 7) is 4.61. The zero-order valence-electron chi connectivity index (χ0n) is 13.8. The first kappa shape index (κ1) is 16.8. The van der Waals surface area contributed by atoms with E-state index in [2.05, 4.69) is 29.5 Å². The summed E-state index contributed by atoms with van der Waals surface area (Å²) in [7, 11) is 1.62. The number of pyridine rings is 1. The highest BCUT2D eigenvalue weighted by molar-refractivity contribution is 5.94. The number of carbonyl (C=O) groups excluding carboxylic acids is 1. The predicted octanol–water partition coefficient (Wildman–Crippen LogP) is 3.23. The third-order valence-electron chi connectivity index (χ3n) is 3.66. The molecule has 1 amide bonds. The number of hydrogen-bond donors (Lipinski definition) is 2. The van der Waals surface area contributed by atoms with Crippen molar-refractivity contribution in [1.29, 1.82) is 0 Å². The number of benzene rings is 1. The van der Waals surface area contributed by atoms with Gasteiger partial charge in [-0.1, -0.05) is 25.1 Å². The Bertz CT molecular complexity index is 641. The molecule has 1 aromatic heterocycles. The Hall–Kier alpha value is -2.56. The van der Waals surface area contributed by atoms with E-state index in [0.717, 1.165) is 23.6 Å². The van der Waals surface area contributed by atoms with E-state index in [4.69, 9.17) is 4.74 Å². The summed E-state index contributed by atoms with van der Waals surface area (Å²) >= 11 is 0. The zero-order chi connectivity index (χ0) is 16.7. The van der Waals surface area contributed by atoms with Gasteiger partial charge in [0.25, 0.3) is 5.91 Å². The van der Waals surface area contributed by atoms with Crippen molar-refractivity contribution in [2.24, 2.45) is 0 Å². The van der Waals surface area contributed by atoms with Gasteiger partial charge in [-0.25, -0.2) is 4.98 Å². The van der Waals surface area contributed by atoms with Gasteiger partial charge < -0.3 is 15.4 Å². The smallest absolute Gasteiger partial charge is 0.253 e. The summed E-state index contributed by atoms with van der Waals surface area (Å²) in [4.78, 5) is 16.5. The number of rotatable bonds is 7. The fraction of sp³-hybridized carbons (Fsp3) is 0.333. The van der Waals surface area contributed by atoms with Gasteiger partial charge in [-0.15, -0.1) is 0 Å². The van der Waals surface area contributed by atoms with E-state index in [1.807, 2.05) is 30.3 Å². The number of nitrogens with zero attached hydrogens (tertiary/aromatic N) is 1. The lowest BCUT2D eigenvalue weighted by molar-refractivity contribution is 0.0950. The summed E-state index contributed by atoms with van der Waals surface area (Å²) in [5, 5.41) is 6.15. The average Bonchev–Trinajstić information content (AvgIpc) is 2.60. The molecule has 0 aliphatic heterocycles. The molecule has 0 bridgehead atoms. The molecule has 0 aliphatic rings. The number of nitrogens with one attached hydrogen (secondary N) is 2. The van der Waals surface area contributed by atoms with E-state index in [0.29, 0.717) is 18.2 Å². The second-order valence-corrected chi connectivity index (χ2v) is 5.38. The minimum atomic E-state index is -0.154. The molecule has 2 N–H and O–H groups in total. The molecule has 0 saturated carbocycles. The van der Waals surface area contributed by atoms with Crippen LogP contribution >= 0.6 is 0 Å². The van der Waals surface area contributed by atoms with Gasteiger partial charge in [0.05, 0.1) is 12.7 Å². The SMILES string of the molecule is CCC(C)Nc1ccc(C(=O)NCc2ccccc2OC)cn1. The standard InChI is InChI=1S/C18H23N3O2/c1-4-13(2)21-17-10-9-15(12-19-17)18(22)20-11-14-7-5-6-8-16(14)23-3/h5-10,12-13H,4,11H2,1-3H3,(H,19,21)(H,20,22).